The molecule has 1 aliphatic heterocycles. The quantitative estimate of drug-likeness (QED) is 0.647. The first-order chi connectivity index (χ1) is 6.72. The van der Waals surface area contributed by atoms with Gasteiger partial charge in [0.1, 0.15) is 0 Å². The third-order valence-corrected chi connectivity index (χ3v) is 3.61. The van der Waals surface area contributed by atoms with Gasteiger partial charge in [-0.1, -0.05) is 23.2 Å². The van der Waals surface area contributed by atoms with Gasteiger partial charge in [-0.3, -0.25) is 4.79 Å². The van der Waals surface area contributed by atoms with Crippen molar-refractivity contribution >= 4 is 40.7 Å². The van der Waals surface area contributed by atoms with Gasteiger partial charge in [-0.05, 0) is 18.2 Å². The number of carbonyl (C=O) groups excluding carboxylic acids is 1. The Balaban J connectivity index is 2.54. The highest BCUT2D eigenvalue weighted by Crippen LogP contribution is 2.34. The lowest BCUT2D eigenvalue weighted by molar-refractivity contribution is 0.103. The average Bonchev–Trinajstić information content (AvgIpc) is 2.20. The van der Waals surface area contributed by atoms with Gasteiger partial charge in [0.25, 0.3) is 0 Å². The van der Waals surface area contributed by atoms with Crippen molar-refractivity contribution in [2.75, 3.05) is 5.75 Å². The van der Waals surface area contributed by atoms with Gasteiger partial charge in [-0.15, -0.1) is 11.8 Å². The van der Waals surface area contributed by atoms with E-state index in [0.717, 1.165) is 4.90 Å². The number of ketones is 1. The highest BCUT2D eigenvalue weighted by atomic mass is 35.5. The van der Waals surface area contributed by atoms with E-state index in [9.17, 15) is 4.79 Å². The van der Waals surface area contributed by atoms with E-state index in [4.69, 9.17) is 23.2 Å². The molecular formula is C10H6Cl2OS. The molecular weight excluding hydrogens is 239 g/mol. The van der Waals surface area contributed by atoms with Gasteiger partial charge >= 0.3 is 0 Å². The lowest BCUT2D eigenvalue weighted by Crippen LogP contribution is -2.11. The Hall–Kier alpha value is -0.440. The van der Waals surface area contributed by atoms with Crippen molar-refractivity contribution in [1.82, 2.24) is 0 Å². The molecule has 0 saturated heterocycles. The summed E-state index contributed by atoms with van der Waals surface area (Å²) in [6.07, 6.45) is 0. The normalized spacial score (nSPS) is 18.4. The molecule has 0 N–H and O–H groups in total. The standard InChI is InChI=1S/C10H6Cl2OS/c11-4-6-5-14-9-2-1-7(12)3-8(9)10(6)13/h1-4H,5H2. The average molecular weight is 245 g/mol. The van der Waals surface area contributed by atoms with Crippen LogP contribution < -0.4 is 0 Å². The topological polar surface area (TPSA) is 17.1 Å². The predicted molar refractivity (Wildman–Crippen MR) is 60.4 cm³/mol. The first kappa shape index (κ1) is 10.1. The van der Waals surface area contributed by atoms with E-state index in [1.807, 2.05) is 6.07 Å². The van der Waals surface area contributed by atoms with Gasteiger partial charge in [0.2, 0.25) is 0 Å². The molecule has 14 heavy (non-hydrogen) atoms. The van der Waals surface area contributed by atoms with Crippen molar-refractivity contribution in [2.45, 2.75) is 4.90 Å². The minimum absolute atomic E-state index is 0.0174. The molecule has 0 amide bonds. The summed E-state index contributed by atoms with van der Waals surface area (Å²) in [5.41, 5.74) is 2.63. The molecule has 0 radical (unpaired) electrons. The van der Waals surface area contributed by atoms with Gasteiger partial charge in [-0.2, -0.15) is 0 Å². The Morgan fingerprint density at radius 2 is 2.21 bits per heavy atom. The largest absolute Gasteiger partial charge is 0.289 e. The molecule has 1 aromatic carbocycles. The summed E-state index contributed by atoms with van der Waals surface area (Å²) in [4.78, 5) is 12.7. The van der Waals surface area contributed by atoms with Gasteiger partial charge < -0.3 is 0 Å². The van der Waals surface area contributed by atoms with E-state index < -0.39 is 0 Å². The molecule has 0 fully saturated rings. The maximum Gasteiger partial charge on any atom is 0.191 e. The first-order valence-corrected chi connectivity index (χ1v) is 5.78. The number of Topliss-reactive ketones (excluding diaryl/α,β-unsaturated/α-hetero) is 1. The highest BCUT2D eigenvalue weighted by molar-refractivity contribution is 7.99. The molecule has 0 unspecified atom stereocenters. The Bertz CT molecular complexity index is 426. The molecule has 0 saturated carbocycles. The fraction of sp³-hybridized carbons (Fsp3) is 0.100. The molecule has 1 nitrogen and oxygen atoms in total. The molecule has 0 aliphatic carbocycles. The second-order valence-electron chi connectivity index (χ2n) is 2.89. The summed E-state index contributed by atoms with van der Waals surface area (Å²) in [7, 11) is 0. The fourth-order valence-corrected chi connectivity index (χ4v) is 2.72. The zero-order valence-corrected chi connectivity index (χ0v) is 9.42. The summed E-state index contributed by atoms with van der Waals surface area (Å²) in [6.45, 7) is 0. The van der Waals surface area contributed by atoms with E-state index >= 15 is 0 Å². The number of carbonyl (C=O) groups is 1. The molecule has 4 heteroatoms. The lowest BCUT2D eigenvalue weighted by Gasteiger charge is -2.16. The molecule has 2 rings (SSSR count). The van der Waals surface area contributed by atoms with Gasteiger partial charge in [-0.25, -0.2) is 0 Å². The van der Waals surface area contributed by atoms with Crippen LogP contribution in [0.4, 0.5) is 0 Å². The molecule has 0 aromatic heterocycles. The fourth-order valence-electron chi connectivity index (χ4n) is 1.28. The summed E-state index contributed by atoms with van der Waals surface area (Å²) >= 11 is 13.0. The number of thioether (sulfide) groups is 1. The van der Waals surface area contributed by atoms with Crippen LogP contribution in [0.15, 0.2) is 34.2 Å². The number of benzene rings is 1. The zero-order valence-electron chi connectivity index (χ0n) is 7.09. The number of rotatable bonds is 0. The van der Waals surface area contributed by atoms with Crippen LogP contribution in [-0.4, -0.2) is 11.5 Å². The SMILES string of the molecule is O=C1C(=CCl)CSc2ccc(Cl)cc21. The third kappa shape index (κ3) is 1.70. The van der Waals surface area contributed by atoms with E-state index in [1.165, 1.54) is 5.54 Å². The summed E-state index contributed by atoms with van der Waals surface area (Å²) in [6, 6.07) is 5.34. The third-order valence-electron chi connectivity index (χ3n) is 1.99. The monoisotopic (exact) mass is 244 g/mol. The zero-order chi connectivity index (χ0) is 10.1. The minimum atomic E-state index is -0.0174. The van der Waals surface area contributed by atoms with Crippen molar-refractivity contribution in [2.24, 2.45) is 0 Å². The van der Waals surface area contributed by atoms with Crippen LogP contribution in [0.3, 0.4) is 0 Å². The van der Waals surface area contributed by atoms with Crippen LogP contribution in [0.25, 0.3) is 0 Å². The summed E-state index contributed by atoms with van der Waals surface area (Å²) in [5, 5.41) is 0.577. The Morgan fingerprint density at radius 3 is 2.93 bits per heavy atom. The maximum absolute atomic E-state index is 11.8. The molecule has 1 heterocycles. The van der Waals surface area contributed by atoms with Crippen LogP contribution in [0.5, 0.6) is 0 Å². The Labute approximate surface area is 96.1 Å². The molecule has 1 aliphatic rings. The Kier molecular flexibility index (Phi) is 2.86. The van der Waals surface area contributed by atoms with Gasteiger partial charge in [0.15, 0.2) is 5.78 Å². The molecule has 1 aromatic rings. The van der Waals surface area contributed by atoms with Gasteiger partial charge in [0.05, 0.1) is 0 Å². The van der Waals surface area contributed by atoms with Crippen molar-refractivity contribution in [3.8, 4) is 0 Å². The molecule has 0 bridgehead atoms. The highest BCUT2D eigenvalue weighted by Gasteiger charge is 2.22. The second-order valence-corrected chi connectivity index (χ2v) is 4.56. The predicted octanol–water partition coefficient (Wildman–Crippen LogP) is 3.75. The molecule has 72 valence electrons. The van der Waals surface area contributed by atoms with E-state index in [-0.39, 0.29) is 5.78 Å². The van der Waals surface area contributed by atoms with Crippen LogP contribution in [-0.2, 0) is 0 Å². The van der Waals surface area contributed by atoms with Crippen molar-refractivity contribution in [3.63, 3.8) is 0 Å². The van der Waals surface area contributed by atoms with Crippen LogP contribution in [0.2, 0.25) is 5.02 Å². The van der Waals surface area contributed by atoms with Crippen molar-refractivity contribution < 1.29 is 4.79 Å². The summed E-state index contributed by atoms with van der Waals surface area (Å²) < 4.78 is 0. The smallest absolute Gasteiger partial charge is 0.191 e. The van der Waals surface area contributed by atoms with Gasteiger partial charge in [0, 0.05) is 32.3 Å². The number of fused-ring (bicyclic) bond motifs is 1. The van der Waals surface area contributed by atoms with Crippen LogP contribution in [0, 0.1) is 0 Å². The maximum atomic E-state index is 11.8. The van der Waals surface area contributed by atoms with E-state index in [0.29, 0.717) is 21.9 Å². The summed E-state index contributed by atoms with van der Waals surface area (Å²) in [5.74, 6) is 0.619. The number of halogens is 2. The van der Waals surface area contributed by atoms with E-state index in [2.05, 4.69) is 0 Å². The van der Waals surface area contributed by atoms with E-state index in [1.54, 1.807) is 23.9 Å². The molecule has 0 atom stereocenters. The second kappa shape index (κ2) is 3.97. The number of hydrogen-bond acceptors (Lipinski definition) is 2. The number of hydrogen-bond donors (Lipinski definition) is 0. The molecule has 0 spiro atoms. The van der Waals surface area contributed by atoms with Crippen molar-refractivity contribution in [3.05, 3.63) is 39.9 Å². The lowest BCUT2D eigenvalue weighted by atomic mass is 10.1. The van der Waals surface area contributed by atoms with Crippen LogP contribution in [0.1, 0.15) is 10.4 Å². The minimum Gasteiger partial charge on any atom is -0.289 e. The van der Waals surface area contributed by atoms with Crippen molar-refractivity contribution in [1.29, 1.82) is 0 Å². The Morgan fingerprint density at radius 1 is 1.43 bits per heavy atom. The first-order valence-electron chi connectivity index (χ1n) is 3.98. The van der Waals surface area contributed by atoms with Crippen LogP contribution >= 0.6 is 35.0 Å².